The summed E-state index contributed by atoms with van der Waals surface area (Å²) in [5, 5.41) is 13.7. The van der Waals surface area contributed by atoms with Crippen molar-refractivity contribution in [2.45, 2.75) is 18.9 Å². The van der Waals surface area contributed by atoms with Crippen LogP contribution < -0.4 is 5.32 Å². The standard InChI is InChI=1S/C23H28N2O3/c26-21(17-19-7-3-1-4-8-19)18-24-22(20-9-5-2-6-10-20)11-12-23(27)25-13-15-28-16-14-25/h1-11,21,24,26H,12-18H2. The summed E-state index contributed by atoms with van der Waals surface area (Å²) in [5.74, 6) is 0.100. The van der Waals surface area contributed by atoms with Gasteiger partial charge in [-0.25, -0.2) is 0 Å². The highest BCUT2D eigenvalue weighted by molar-refractivity contribution is 5.80. The first-order chi connectivity index (χ1) is 13.7. The molecule has 1 aliphatic heterocycles. The molecule has 5 heteroatoms. The summed E-state index contributed by atoms with van der Waals surface area (Å²) in [6.45, 7) is 2.92. The smallest absolute Gasteiger partial charge is 0.226 e. The average Bonchev–Trinajstić information content (AvgIpc) is 2.75. The highest BCUT2D eigenvalue weighted by Gasteiger charge is 2.16. The monoisotopic (exact) mass is 380 g/mol. The van der Waals surface area contributed by atoms with E-state index in [1.165, 1.54) is 0 Å². The van der Waals surface area contributed by atoms with Crippen molar-refractivity contribution < 1.29 is 14.6 Å². The van der Waals surface area contributed by atoms with Gasteiger partial charge in [0.25, 0.3) is 0 Å². The zero-order valence-corrected chi connectivity index (χ0v) is 16.1. The van der Waals surface area contributed by atoms with Crippen LogP contribution in [0.25, 0.3) is 5.70 Å². The van der Waals surface area contributed by atoms with Gasteiger partial charge in [-0.3, -0.25) is 4.79 Å². The zero-order chi connectivity index (χ0) is 19.6. The Kier molecular flexibility index (Phi) is 7.64. The summed E-state index contributed by atoms with van der Waals surface area (Å²) in [6.07, 6.45) is 2.32. The molecule has 1 unspecified atom stereocenters. The Morgan fingerprint density at radius 3 is 2.39 bits per heavy atom. The zero-order valence-electron chi connectivity index (χ0n) is 16.1. The third kappa shape index (κ3) is 6.22. The Morgan fingerprint density at radius 2 is 1.71 bits per heavy atom. The van der Waals surface area contributed by atoms with E-state index in [0.717, 1.165) is 16.8 Å². The van der Waals surface area contributed by atoms with Gasteiger partial charge in [-0.1, -0.05) is 66.7 Å². The molecule has 148 valence electrons. The Balaban J connectivity index is 1.61. The van der Waals surface area contributed by atoms with Gasteiger partial charge < -0.3 is 20.1 Å². The number of hydrogen-bond acceptors (Lipinski definition) is 4. The molecule has 2 N–H and O–H groups in total. The van der Waals surface area contributed by atoms with E-state index in [-0.39, 0.29) is 5.91 Å². The fourth-order valence-electron chi connectivity index (χ4n) is 3.23. The summed E-state index contributed by atoms with van der Waals surface area (Å²) < 4.78 is 5.31. The van der Waals surface area contributed by atoms with Crippen molar-refractivity contribution in [2.24, 2.45) is 0 Å². The van der Waals surface area contributed by atoms with Crippen molar-refractivity contribution in [2.75, 3.05) is 32.8 Å². The van der Waals surface area contributed by atoms with Gasteiger partial charge in [-0.15, -0.1) is 0 Å². The molecular weight excluding hydrogens is 352 g/mol. The Morgan fingerprint density at radius 1 is 1.07 bits per heavy atom. The van der Waals surface area contributed by atoms with Crippen LogP contribution in [0.5, 0.6) is 0 Å². The maximum Gasteiger partial charge on any atom is 0.226 e. The molecule has 1 atom stereocenters. The molecule has 0 aromatic heterocycles. The van der Waals surface area contributed by atoms with Crippen LogP contribution in [0, 0.1) is 0 Å². The van der Waals surface area contributed by atoms with Gasteiger partial charge in [0.05, 0.1) is 19.3 Å². The van der Waals surface area contributed by atoms with Crippen LogP contribution in [-0.4, -0.2) is 54.9 Å². The van der Waals surface area contributed by atoms with Crippen LogP contribution in [-0.2, 0) is 16.0 Å². The Hall–Kier alpha value is -2.63. The second kappa shape index (κ2) is 10.6. The Labute approximate surface area is 166 Å². The van der Waals surface area contributed by atoms with Gasteiger partial charge in [0.2, 0.25) is 5.91 Å². The molecule has 1 heterocycles. The molecule has 0 spiro atoms. The molecule has 28 heavy (non-hydrogen) atoms. The van der Waals surface area contributed by atoms with Gasteiger partial charge in [0.1, 0.15) is 0 Å². The first-order valence-electron chi connectivity index (χ1n) is 9.79. The number of benzene rings is 2. The van der Waals surface area contributed by atoms with Crippen LogP contribution in [0.15, 0.2) is 66.7 Å². The van der Waals surface area contributed by atoms with E-state index in [2.05, 4.69) is 5.32 Å². The lowest BCUT2D eigenvalue weighted by Crippen LogP contribution is -2.40. The fraction of sp³-hybridized carbons (Fsp3) is 0.348. The second-order valence-corrected chi connectivity index (χ2v) is 6.91. The van der Waals surface area contributed by atoms with E-state index in [0.29, 0.717) is 45.7 Å². The molecule has 1 aliphatic rings. The first-order valence-corrected chi connectivity index (χ1v) is 9.79. The fourth-order valence-corrected chi connectivity index (χ4v) is 3.23. The number of nitrogens with one attached hydrogen (secondary N) is 1. The molecule has 0 radical (unpaired) electrons. The largest absolute Gasteiger partial charge is 0.391 e. The number of morpholine rings is 1. The number of aliphatic hydroxyl groups excluding tert-OH is 1. The molecular formula is C23H28N2O3. The van der Waals surface area contributed by atoms with Gasteiger partial charge in [0, 0.05) is 38.2 Å². The van der Waals surface area contributed by atoms with Crippen molar-refractivity contribution in [3.8, 4) is 0 Å². The average molecular weight is 380 g/mol. The molecule has 3 rings (SSSR count). The second-order valence-electron chi connectivity index (χ2n) is 6.91. The predicted molar refractivity (Wildman–Crippen MR) is 111 cm³/mol. The van der Waals surface area contributed by atoms with E-state index >= 15 is 0 Å². The van der Waals surface area contributed by atoms with Gasteiger partial charge in [-0.2, -0.15) is 0 Å². The van der Waals surface area contributed by atoms with Crippen LogP contribution in [0.2, 0.25) is 0 Å². The number of nitrogens with zero attached hydrogens (tertiary/aromatic N) is 1. The summed E-state index contributed by atoms with van der Waals surface area (Å²) in [4.78, 5) is 14.3. The molecule has 2 aromatic rings. The number of ether oxygens (including phenoxy) is 1. The number of carbonyl (C=O) groups excluding carboxylic acids is 1. The van der Waals surface area contributed by atoms with Crippen LogP contribution >= 0.6 is 0 Å². The summed E-state index contributed by atoms with van der Waals surface area (Å²) >= 11 is 0. The lowest BCUT2D eigenvalue weighted by molar-refractivity contribution is -0.134. The van der Waals surface area contributed by atoms with Crippen molar-refractivity contribution >= 4 is 11.6 Å². The quantitative estimate of drug-likeness (QED) is 0.739. The molecule has 1 saturated heterocycles. The lowest BCUT2D eigenvalue weighted by Gasteiger charge is -2.26. The normalized spacial score (nSPS) is 15.9. The van der Waals surface area contributed by atoms with Crippen LogP contribution in [0.1, 0.15) is 17.5 Å². The van der Waals surface area contributed by atoms with Crippen molar-refractivity contribution in [1.82, 2.24) is 10.2 Å². The number of amides is 1. The van der Waals surface area contributed by atoms with E-state index < -0.39 is 6.10 Å². The minimum atomic E-state index is -0.510. The topological polar surface area (TPSA) is 61.8 Å². The number of carbonyl (C=O) groups is 1. The van der Waals surface area contributed by atoms with Crippen molar-refractivity contribution in [3.63, 3.8) is 0 Å². The third-order valence-electron chi connectivity index (χ3n) is 4.77. The van der Waals surface area contributed by atoms with E-state index in [9.17, 15) is 9.90 Å². The third-order valence-corrected chi connectivity index (χ3v) is 4.77. The maximum absolute atomic E-state index is 12.5. The van der Waals surface area contributed by atoms with E-state index in [1.54, 1.807) is 0 Å². The van der Waals surface area contributed by atoms with Gasteiger partial charge in [-0.05, 0) is 11.1 Å². The lowest BCUT2D eigenvalue weighted by atomic mass is 10.1. The summed E-state index contributed by atoms with van der Waals surface area (Å²) in [5.41, 5.74) is 2.98. The van der Waals surface area contributed by atoms with E-state index in [1.807, 2.05) is 71.6 Å². The summed E-state index contributed by atoms with van der Waals surface area (Å²) in [6, 6.07) is 19.8. The molecule has 2 aromatic carbocycles. The van der Waals surface area contributed by atoms with Gasteiger partial charge in [0.15, 0.2) is 0 Å². The van der Waals surface area contributed by atoms with Gasteiger partial charge >= 0.3 is 0 Å². The molecule has 1 fully saturated rings. The molecule has 0 saturated carbocycles. The van der Waals surface area contributed by atoms with Crippen molar-refractivity contribution in [3.05, 3.63) is 77.9 Å². The number of aliphatic hydroxyl groups is 1. The number of rotatable bonds is 8. The molecule has 0 aliphatic carbocycles. The van der Waals surface area contributed by atoms with E-state index in [4.69, 9.17) is 4.74 Å². The predicted octanol–water partition coefficient (Wildman–Crippen LogP) is 2.47. The van der Waals surface area contributed by atoms with Crippen LogP contribution in [0.3, 0.4) is 0 Å². The first kappa shape index (κ1) is 20.1. The van der Waals surface area contributed by atoms with Crippen LogP contribution in [0.4, 0.5) is 0 Å². The molecule has 0 bridgehead atoms. The summed E-state index contributed by atoms with van der Waals surface area (Å²) in [7, 11) is 0. The highest BCUT2D eigenvalue weighted by atomic mass is 16.5. The number of hydrogen-bond donors (Lipinski definition) is 2. The molecule has 5 nitrogen and oxygen atoms in total. The molecule has 1 amide bonds. The maximum atomic E-state index is 12.5. The Bertz CT molecular complexity index is 756. The highest BCUT2D eigenvalue weighted by Crippen LogP contribution is 2.13. The minimum Gasteiger partial charge on any atom is -0.391 e. The minimum absolute atomic E-state index is 0.100. The SMILES string of the molecule is O=C(CC=C(NCC(O)Cc1ccccc1)c1ccccc1)N1CCOCC1. The van der Waals surface area contributed by atoms with Crippen molar-refractivity contribution in [1.29, 1.82) is 0 Å².